The number of piperidine rings is 1. The largest absolute Gasteiger partial charge is 0.390 e. The second-order valence-electron chi connectivity index (χ2n) is 13.6. The summed E-state index contributed by atoms with van der Waals surface area (Å²) in [5.41, 5.74) is 0.411. The Morgan fingerprint density at radius 2 is 1.87 bits per heavy atom. The van der Waals surface area contributed by atoms with Gasteiger partial charge in [0.2, 0.25) is 21.9 Å². The van der Waals surface area contributed by atoms with E-state index >= 15 is 0 Å². The lowest BCUT2D eigenvalue weighted by molar-refractivity contribution is -0.118. The second kappa shape index (κ2) is 12.4. The quantitative estimate of drug-likeness (QED) is 0.277. The van der Waals surface area contributed by atoms with Gasteiger partial charge < -0.3 is 25.5 Å². The molecule has 248 valence electrons. The van der Waals surface area contributed by atoms with Gasteiger partial charge in [0.05, 0.1) is 23.4 Å². The van der Waals surface area contributed by atoms with Crippen LogP contribution >= 0.6 is 0 Å². The zero-order valence-electron chi connectivity index (χ0n) is 27.8. The van der Waals surface area contributed by atoms with Gasteiger partial charge in [0, 0.05) is 55.2 Å². The molecule has 3 aromatic rings. The number of nitrogens with zero attached hydrogens (tertiary/aromatic N) is 6. The maximum atomic E-state index is 12.6. The van der Waals surface area contributed by atoms with Crippen molar-refractivity contribution in [2.45, 2.75) is 83.6 Å². The summed E-state index contributed by atoms with van der Waals surface area (Å²) in [5, 5.41) is 18.5. The van der Waals surface area contributed by atoms with Crippen molar-refractivity contribution in [1.82, 2.24) is 24.6 Å². The van der Waals surface area contributed by atoms with E-state index in [2.05, 4.69) is 32.0 Å². The van der Waals surface area contributed by atoms with E-state index in [1.807, 2.05) is 65.9 Å². The molecular formula is C33H46N8O4S. The molecule has 2 saturated heterocycles. The number of aliphatic hydroxyl groups is 1. The maximum Gasteiger partial charge on any atom is 0.244 e. The Balaban J connectivity index is 1.50. The molecule has 5 rings (SSSR count). The summed E-state index contributed by atoms with van der Waals surface area (Å²) >= 11 is 0. The molecule has 12 nitrogen and oxygen atoms in total. The molecule has 4 heterocycles. The molecular weight excluding hydrogens is 604 g/mol. The molecule has 1 aromatic carbocycles. The van der Waals surface area contributed by atoms with E-state index in [9.17, 15) is 18.3 Å². The van der Waals surface area contributed by atoms with Crippen molar-refractivity contribution in [2.75, 3.05) is 41.0 Å². The van der Waals surface area contributed by atoms with Gasteiger partial charge in [-0.2, -0.15) is 9.29 Å². The Morgan fingerprint density at radius 1 is 1.17 bits per heavy atom. The fraction of sp³-hybridized carbons (Fsp3) is 0.515. The molecule has 0 unspecified atom stereocenters. The van der Waals surface area contributed by atoms with Gasteiger partial charge in [0.15, 0.2) is 0 Å². The first kappa shape index (κ1) is 33.6. The predicted octanol–water partition coefficient (Wildman–Crippen LogP) is 3.90. The number of anilines is 4. The van der Waals surface area contributed by atoms with Crippen LogP contribution in [0.4, 0.5) is 23.3 Å². The average Bonchev–Trinajstić information content (AvgIpc) is 2.97. The number of amides is 1. The number of pyridine rings is 1. The van der Waals surface area contributed by atoms with Gasteiger partial charge in [-0.1, -0.05) is 12.6 Å². The van der Waals surface area contributed by atoms with Crippen LogP contribution in [0.2, 0.25) is 0 Å². The molecule has 2 atom stereocenters. The Kier molecular flexibility index (Phi) is 9.06. The van der Waals surface area contributed by atoms with E-state index in [-0.39, 0.29) is 24.0 Å². The van der Waals surface area contributed by atoms with E-state index in [1.54, 1.807) is 16.6 Å². The second-order valence-corrected chi connectivity index (χ2v) is 15.5. The SMILES string of the molecule is C=CC(=O)NC(C)(C)c1ccc(N2C[C@H](N(C(C)C)S(C)(=O)=O)[C@H]2C)c2cnc(Nc3ccnc(N4CCC(C)(O)CC4)n3)cc12. The molecule has 2 aliphatic heterocycles. The summed E-state index contributed by atoms with van der Waals surface area (Å²) in [6.07, 6.45) is 7.32. The molecule has 0 radical (unpaired) electrons. The lowest BCUT2D eigenvalue weighted by atomic mass is 9.87. The minimum Gasteiger partial charge on any atom is -0.390 e. The fourth-order valence-corrected chi connectivity index (χ4v) is 8.12. The lowest BCUT2D eigenvalue weighted by Crippen LogP contribution is -2.68. The number of carbonyl (C=O) groups excluding carboxylic acids is 1. The molecule has 0 bridgehead atoms. The number of aromatic nitrogens is 3. The number of nitrogens with one attached hydrogen (secondary N) is 2. The van der Waals surface area contributed by atoms with Crippen LogP contribution in [0.3, 0.4) is 0 Å². The molecule has 0 spiro atoms. The highest BCUT2D eigenvalue weighted by Gasteiger charge is 2.44. The topological polar surface area (TPSA) is 144 Å². The van der Waals surface area contributed by atoms with Gasteiger partial charge >= 0.3 is 0 Å². The first-order valence-corrected chi connectivity index (χ1v) is 17.6. The minimum absolute atomic E-state index is 0.0598. The predicted molar refractivity (Wildman–Crippen MR) is 183 cm³/mol. The minimum atomic E-state index is -3.38. The van der Waals surface area contributed by atoms with Crippen molar-refractivity contribution in [1.29, 1.82) is 0 Å². The highest BCUT2D eigenvalue weighted by Crippen LogP contribution is 2.40. The zero-order chi connectivity index (χ0) is 33.6. The van der Waals surface area contributed by atoms with Crippen molar-refractivity contribution in [3.63, 3.8) is 0 Å². The smallest absolute Gasteiger partial charge is 0.244 e. The Hall–Kier alpha value is -3.81. The Labute approximate surface area is 272 Å². The van der Waals surface area contributed by atoms with E-state index in [1.165, 1.54) is 12.3 Å². The molecule has 46 heavy (non-hydrogen) atoms. The number of fused-ring (bicyclic) bond motifs is 1. The van der Waals surface area contributed by atoms with E-state index in [4.69, 9.17) is 9.97 Å². The average molecular weight is 651 g/mol. The van der Waals surface area contributed by atoms with Crippen molar-refractivity contribution in [3.05, 3.63) is 54.9 Å². The van der Waals surface area contributed by atoms with Gasteiger partial charge in [-0.15, -0.1) is 0 Å². The number of hydrogen-bond donors (Lipinski definition) is 3. The normalized spacial score (nSPS) is 20.1. The molecule has 2 aromatic heterocycles. The standard InChI is InChI=1S/C33H46N8O4S/c1-9-30(42)38-32(5,6)25-10-11-26(40-20-27(22(40)4)41(21(2)3)46(8,44)45)24-19-35-29(18-23(24)25)36-28-12-15-34-31(37-28)39-16-13-33(7,43)14-17-39/h9-12,15,18-19,21-22,27,43H,1,13-14,16-17,20H2,2-8H3,(H,38,42)(H,34,35,36,37)/t22-,27+/m1/s1. The van der Waals surface area contributed by atoms with Crippen LogP contribution in [0.5, 0.6) is 0 Å². The van der Waals surface area contributed by atoms with Crippen LogP contribution in [-0.4, -0.2) is 88.3 Å². The van der Waals surface area contributed by atoms with Crippen molar-refractivity contribution < 1.29 is 18.3 Å². The van der Waals surface area contributed by atoms with Gasteiger partial charge in [0.25, 0.3) is 0 Å². The van der Waals surface area contributed by atoms with Crippen LogP contribution in [0.1, 0.15) is 59.9 Å². The third kappa shape index (κ3) is 6.81. The summed E-state index contributed by atoms with van der Waals surface area (Å²) in [6, 6.07) is 7.40. The monoisotopic (exact) mass is 650 g/mol. The summed E-state index contributed by atoms with van der Waals surface area (Å²) < 4.78 is 26.9. The van der Waals surface area contributed by atoms with Gasteiger partial charge in [-0.3, -0.25) is 4.79 Å². The molecule has 2 aliphatic rings. The van der Waals surface area contributed by atoms with Crippen molar-refractivity contribution in [3.8, 4) is 0 Å². The molecule has 0 saturated carbocycles. The highest BCUT2D eigenvalue weighted by molar-refractivity contribution is 7.88. The number of benzene rings is 1. The summed E-state index contributed by atoms with van der Waals surface area (Å²) in [5.74, 6) is 1.46. The van der Waals surface area contributed by atoms with Gasteiger partial charge in [-0.25, -0.2) is 18.4 Å². The summed E-state index contributed by atoms with van der Waals surface area (Å²) in [7, 11) is -3.38. The number of carbonyl (C=O) groups is 1. The molecule has 0 aliphatic carbocycles. The number of rotatable bonds is 10. The van der Waals surface area contributed by atoms with Crippen LogP contribution in [0.15, 0.2) is 49.3 Å². The Morgan fingerprint density at radius 3 is 2.48 bits per heavy atom. The van der Waals surface area contributed by atoms with Crippen LogP contribution in [0, 0.1) is 0 Å². The Bertz CT molecular complexity index is 1730. The first-order valence-electron chi connectivity index (χ1n) is 15.7. The van der Waals surface area contributed by atoms with E-state index in [0.29, 0.717) is 50.1 Å². The van der Waals surface area contributed by atoms with Crippen molar-refractivity contribution in [2.24, 2.45) is 0 Å². The van der Waals surface area contributed by atoms with Crippen LogP contribution in [-0.2, 0) is 20.4 Å². The number of hydrogen-bond acceptors (Lipinski definition) is 10. The van der Waals surface area contributed by atoms with Crippen LogP contribution < -0.4 is 20.4 Å². The lowest BCUT2D eigenvalue weighted by Gasteiger charge is -2.53. The number of sulfonamides is 1. The third-order valence-electron chi connectivity index (χ3n) is 9.16. The molecule has 2 fully saturated rings. The maximum absolute atomic E-state index is 12.6. The molecule has 13 heteroatoms. The first-order chi connectivity index (χ1) is 21.5. The summed E-state index contributed by atoms with van der Waals surface area (Å²) in [4.78, 5) is 30.6. The van der Waals surface area contributed by atoms with Crippen molar-refractivity contribution >= 4 is 50.0 Å². The molecule has 1 amide bonds. The zero-order valence-corrected chi connectivity index (χ0v) is 28.6. The summed E-state index contributed by atoms with van der Waals surface area (Å²) in [6.45, 7) is 17.1. The third-order valence-corrected chi connectivity index (χ3v) is 10.6. The highest BCUT2D eigenvalue weighted by atomic mass is 32.2. The fourth-order valence-electron chi connectivity index (χ4n) is 6.62. The van der Waals surface area contributed by atoms with Gasteiger partial charge in [-0.05, 0) is 89.6 Å². The van der Waals surface area contributed by atoms with Gasteiger partial charge in [0.1, 0.15) is 11.6 Å². The molecule has 3 N–H and O–H groups in total. The van der Waals surface area contributed by atoms with E-state index < -0.39 is 21.2 Å². The van der Waals surface area contributed by atoms with Crippen LogP contribution in [0.25, 0.3) is 10.8 Å². The van der Waals surface area contributed by atoms with E-state index in [0.717, 1.165) is 22.0 Å².